The van der Waals surface area contributed by atoms with Crippen molar-refractivity contribution in [2.75, 3.05) is 23.7 Å². The number of rotatable bonds is 6. The molecule has 1 aliphatic carbocycles. The van der Waals surface area contributed by atoms with Gasteiger partial charge in [0.15, 0.2) is 0 Å². The summed E-state index contributed by atoms with van der Waals surface area (Å²) < 4.78 is 0. The molecule has 19 heavy (non-hydrogen) atoms. The Balaban J connectivity index is 1.74. The number of anilines is 2. The van der Waals surface area contributed by atoms with Crippen LogP contribution in [0.5, 0.6) is 0 Å². The van der Waals surface area contributed by atoms with Crippen LogP contribution < -0.4 is 10.6 Å². The van der Waals surface area contributed by atoms with Gasteiger partial charge < -0.3 is 10.6 Å². The van der Waals surface area contributed by atoms with Crippen LogP contribution in [0.4, 0.5) is 11.6 Å². The van der Waals surface area contributed by atoms with Gasteiger partial charge in [-0.05, 0) is 31.6 Å². The van der Waals surface area contributed by atoms with E-state index in [4.69, 9.17) is 0 Å². The average Bonchev–Trinajstić information content (AvgIpc) is 2.40. The maximum Gasteiger partial charge on any atom is 0.146 e. The first-order valence-electron chi connectivity index (χ1n) is 7.57. The Morgan fingerprint density at radius 1 is 1.21 bits per heavy atom. The van der Waals surface area contributed by atoms with Crippen LogP contribution in [0.2, 0.25) is 0 Å². The summed E-state index contributed by atoms with van der Waals surface area (Å²) in [4.78, 5) is 8.67. The molecule has 0 bridgehead atoms. The lowest BCUT2D eigenvalue weighted by Gasteiger charge is -2.26. The van der Waals surface area contributed by atoms with Crippen LogP contribution in [-0.4, -0.2) is 23.1 Å². The molecule has 2 N–H and O–H groups in total. The average molecular weight is 262 g/mol. The molecule has 2 atom stereocenters. The van der Waals surface area contributed by atoms with E-state index in [1.165, 1.54) is 32.1 Å². The number of hydrogen-bond acceptors (Lipinski definition) is 4. The van der Waals surface area contributed by atoms with Crippen molar-refractivity contribution in [2.45, 2.75) is 46.0 Å². The summed E-state index contributed by atoms with van der Waals surface area (Å²) in [7, 11) is 0. The van der Waals surface area contributed by atoms with Crippen molar-refractivity contribution in [3.05, 3.63) is 12.4 Å². The van der Waals surface area contributed by atoms with Gasteiger partial charge in [0.05, 0.1) is 12.4 Å². The smallest absolute Gasteiger partial charge is 0.146 e. The van der Waals surface area contributed by atoms with Crippen LogP contribution >= 0.6 is 0 Å². The highest BCUT2D eigenvalue weighted by Crippen LogP contribution is 2.30. The first-order chi connectivity index (χ1) is 9.28. The topological polar surface area (TPSA) is 49.8 Å². The summed E-state index contributed by atoms with van der Waals surface area (Å²) in [5.74, 6) is 3.53. The standard InChI is InChI=1S/C15H26N4/c1-3-17-14-10-16-11-15(19-14)18-8-7-13-6-4-5-12(2)9-13/h10-13H,3-9H2,1-2H3,(H2,17,18,19). The Labute approximate surface area is 116 Å². The molecule has 1 heterocycles. The van der Waals surface area contributed by atoms with Gasteiger partial charge in [0.25, 0.3) is 0 Å². The van der Waals surface area contributed by atoms with Crippen molar-refractivity contribution >= 4 is 11.6 Å². The monoisotopic (exact) mass is 262 g/mol. The van der Waals surface area contributed by atoms with Crippen molar-refractivity contribution in [3.8, 4) is 0 Å². The molecule has 0 aliphatic heterocycles. The third-order valence-corrected chi connectivity index (χ3v) is 3.90. The second-order valence-corrected chi connectivity index (χ2v) is 5.67. The van der Waals surface area contributed by atoms with Crippen LogP contribution in [-0.2, 0) is 0 Å². The molecule has 1 aromatic heterocycles. The summed E-state index contributed by atoms with van der Waals surface area (Å²) in [6.07, 6.45) is 10.4. The minimum absolute atomic E-state index is 0.846. The Hall–Kier alpha value is -1.32. The number of nitrogens with one attached hydrogen (secondary N) is 2. The molecule has 1 aliphatic rings. The van der Waals surface area contributed by atoms with E-state index in [1.807, 2.05) is 0 Å². The summed E-state index contributed by atoms with van der Waals surface area (Å²) in [6.45, 7) is 6.32. The van der Waals surface area contributed by atoms with Crippen LogP contribution in [0.15, 0.2) is 12.4 Å². The van der Waals surface area contributed by atoms with E-state index in [0.29, 0.717) is 0 Å². The fraction of sp³-hybridized carbons (Fsp3) is 0.733. The van der Waals surface area contributed by atoms with Gasteiger partial charge >= 0.3 is 0 Å². The lowest BCUT2D eigenvalue weighted by atomic mass is 9.81. The third-order valence-electron chi connectivity index (χ3n) is 3.90. The van der Waals surface area contributed by atoms with Crippen LogP contribution in [0.3, 0.4) is 0 Å². The lowest BCUT2D eigenvalue weighted by Crippen LogP contribution is -2.17. The van der Waals surface area contributed by atoms with E-state index in [0.717, 1.165) is 36.6 Å². The van der Waals surface area contributed by atoms with Crippen molar-refractivity contribution in [1.29, 1.82) is 0 Å². The van der Waals surface area contributed by atoms with Crippen molar-refractivity contribution in [1.82, 2.24) is 9.97 Å². The molecule has 4 nitrogen and oxygen atoms in total. The molecule has 0 aromatic carbocycles. The predicted molar refractivity (Wildman–Crippen MR) is 80.4 cm³/mol. The molecule has 4 heteroatoms. The van der Waals surface area contributed by atoms with E-state index >= 15 is 0 Å². The molecule has 2 rings (SSSR count). The van der Waals surface area contributed by atoms with Gasteiger partial charge in [0.2, 0.25) is 0 Å². The maximum absolute atomic E-state index is 4.48. The zero-order valence-corrected chi connectivity index (χ0v) is 12.2. The summed E-state index contributed by atoms with van der Waals surface area (Å²) in [6, 6.07) is 0. The van der Waals surface area contributed by atoms with E-state index in [-0.39, 0.29) is 0 Å². The fourth-order valence-corrected chi connectivity index (χ4v) is 2.94. The van der Waals surface area contributed by atoms with Crippen molar-refractivity contribution in [2.24, 2.45) is 11.8 Å². The second-order valence-electron chi connectivity index (χ2n) is 5.67. The quantitative estimate of drug-likeness (QED) is 0.823. The SMILES string of the molecule is CCNc1cncc(NCCC2CCCC(C)C2)n1. The third kappa shape index (κ3) is 4.69. The molecular formula is C15H26N4. The summed E-state index contributed by atoms with van der Waals surface area (Å²) in [5, 5.41) is 6.57. The highest BCUT2D eigenvalue weighted by atomic mass is 15.1. The first-order valence-corrected chi connectivity index (χ1v) is 7.57. The van der Waals surface area contributed by atoms with Gasteiger partial charge in [-0.15, -0.1) is 0 Å². The van der Waals surface area contributed by atoms with Crippen LogP contribution in [0.1, 0.15) is 46.0 Å². The Kier molecular flexibility index (Phi) is 5.43. The van der Waals surface area contributed by atoms with Crippen molar-refractivity contribution in [3.63, 3.8) is 0 Å². The Morgan fingerprint density at radius 3 is 2.74 bits per heavy atom. The van der Waals surface area contributed by atoms with Crippen LogP contribution in [0.25, 0.3) is 0 Å². The zero-order valence-electron chi connectivity index (χ0n) is 12.2. The zero-order chi connectivity index (χ0) is 13.5. The highest BCUT2D eigenvalue weighted by molar-refractivity contribution is 5.41. The van der Waals surface area contributed by atoms with E-state index in [2.05, 4.69) is 34.4 Å². The molecule has 0 amide bonds. The highest BCUT2D eigenvalue weighted by Gasteiger charge is 2.18. The normalized spacial score (nSPS) is 23.1. The minimum atomic E-state index is 0.846. The van der Waals surface area contributed by atoms with Gasteiger partial charge in [-0.2, -0.15) is 0 Å². The minimum Gasteiger partial charge on any atom is -0.369 e. The van der Waals surface area contributed by atoms with Crippen LogP contribution in [0, 0.1) is 11.8 Å². The number of aromatic nitrogens is 2. The van der Waals surface area contributed by atoms with Gasteiger partial charge in [-0.25, -0.2) is 4.98 Å². The molecule has 1 aromatic rings. The molecule has 106 valence electrons. The largest absolute Gasteiger partial charge is 0.369 e. The Morgan fingerprint density at radius 2 is 2.00 bits per heavy atom. The number of hydrogen-bond donors (Lipinski definition) is 2. The summed E-state index contributed by atoms with van der Waals surface area (Å²) in [5.41, 5.74) is 0. The molecule has 2 unspecified atom stereocenters. The predicted octanol–water partition coefficient (Wildman–Crippen LogP) is 3.54. The fourth-order valence-electron chi connectivity index (χ4n) is 2.94. The maximum atomic E-state index is 4.48. The molecule has 0 saturated heterocycles. The Bertz CT molecular complexity index is 380. The molecule has 1 saturated carbocycles. The number of nitrogens with zero attached hydrogens (tertiary/aromatic N) is 2. The molecule has 1 fully saturated rings. The molecule has 0 spiro atoms. The lowest BCUT2D eigenvalue weighted by molar-refractivity contribution is 0.274. The second kappa shape index (κ2) is 7.31. The summed E-state index contributed by atoms with van der Waals surface area (Å²) >= 11 is 0. The van der Waals surface area contributed by atoms with Crippen molar-refractivity contribution < 1.29 is 0 Å². The van der Waals surface area contributed by atoms with Gasteiger partial charge in [-0.1, -0.05) is 26.2 Å². The van der Waals surface area contributed by atoms with Gasteiger partial charge in [0, 0.05) is 13.1 Å². The first kappa shape index (κ1) is 14.1. The van der Waals surface area contributed by atoms with Gasteiger partial charge in [-0.3, -0.25) is 4.98 Å². The van der Waals surface area contributed by atoms with E-state index in [1.54, 1.807) is 12.4 Å². The van der Waals surface area contributed by atoms with E-state index < -0.39 is 0 Å². The van der Waals surface area contributed by atoms with Gasteiger partial charge in [0.1, 0.15) is 11.6 Å². The molecule has 0 radical (unpaired) electrons. The van der Waals surface area contributed by atoms with E-state index in [9.17, 15) is 0 Å². The molecular weight excluding hydrogens is 236 g/mol.